The van der Waals surface area contributed by atoms with Gasteiger partial charge in [-0.05, 0) is 82.7 Å². The lowest BCUT2D eigenvalue weighted by Crippen LogP contribution is -1.90. The molecule has 7 aromatic carbocycles. The van der Waals surface area contributed by atoms with Crippen molar-refractivity contribution >= 4 is 53.9 Å². The fraction of sp³-hybridized carbons (Fsp3) is 0. The monoisotopic (exact) mass is 482 g/mol. The minimum atomic E-state index is 1.02. The van der Waals surface area contributed by atoms with Crippen LogP contribution in [0.4, 0.5) is 0 Å². The summed E-state index contributed by atoms with van der Waals surface area (Å²) in [5.74, 6) is 0. The van der Waals surface area contributed by atoms with Gasteiger partial charge in [-0.3, -0.25) is 0 Å². The highest BCUT2D eigenvalue weighted by Crippen LogP contribution is 2.45. The molecular weight excluding hydrogens is 460 g/mol. The maximum Gasteiger partial charge on any atom is 0.115 e. The second-order valence-corrected chi connectivity index (χ2v) is 9.86. The van der Waals surface area contributed by atoms with Crippen LogP contribution in [0.3, 0.4) is 0 Å². The van der Waals surface area contributed by atoms with Crippen molar-refractivity contribution in [2.75, 3.05) is 0 Å². The van der Waals surface area contributed by atoms with Gasteiger partial charge in [-0.1, -0.05) is 103 Å². The van der Waals surface area contributed by atoms with Crippen molar-refractivity contribution in [2.45, 2.75) is 0 Å². The highest BCUT2D eigenvalue weighted by Gasteiger charge is 2.17. The maximum atomic E-state index is 4.27. The first kappa shape index (κ1) is 21.0. The summed E-state index contributed by atoms with van der Waals surface area (Å²) in [4.78, 5) is 8.54. The lowest BCUT2D eigenvalue weighted by Gasteiger charge is -2.18. The summed E-state index contributed by atoms with van der Waals surface area (Å²) in [6.07, 6.45) is 5.35. The van der Waals surface area contributed by atoms with Gasteiger partial charge >= 0.3 is 0 Å². The van der Waals surface area contributed by atoms with E-state index in [1.54, 1.807) is 6.33 Å². The van der Waals surface area contributed by atoms with Crippen LogP contribution in [0.25, 0.3) is 76.1 Å². The molecule has 0 saturated carbocycles. The second kappa shape index (κ2) is 8.22. The van der Waals surface area contributed by atoms with Crippen LogP contribution < -0.4 is 0 Å². The highest BCUT2D eigenvalue weighted by atomic mass is 14.8. The number of aromatic nitrogens is 2. The molecule has 0 aliphatic heterocycles. The van der Waals surface area contributed by atoms with Crippen LogP contribution in [-0.2, 0) is 0 Å². The molecule has 0 amide bonds. The topological polar surface area (TPSA) is 25.8 Å². The number of benzene rings is 7. The number of nitrogens with zero attached hydrogens (tertiary/aromatic N) is 2. The normalized spacial score (nSPS) is 11.7. The quantitative estimate of drug-likeness (QED) is 0.229. The fourth-order valence-electron chi connectivity index (χ4n) is 6.11. The van der Waals surface area contributed by atoms with Crippen molar-refractivity contribution in [3.63, 3.8) is 0 Å². The molecule has 0 aliphatic rings. The lowest BCUT2D eigenvalue weighted by atomic mass is 9.85. The molecule has 0 unspecified atom stereocenters. The lowest BCUT2D eigenvalue weighted by molar-refractivity contribution is 1.17. The Hall–Kier alpha value is -5.08. The number of rotatable bonds is 2. The van der Waals surface area contributed by atoms with E-state index in [1.165, 1.54) is 65.0 Å². The largest absolute Gasteiger partial charge is 0.244 e. The average molecular weight is 483 g/mol. The molecule has 0 saturated heterocycles. The molecule has 0 atom stereocenters. The third kappa shape index (κ3) is 3.07. The van der Waals surface area contributed by atoms with Gasteiger partial charge in [-0.25, -0.2) is 9.97 Å². The summed E-state index contributed by atoms with van der Waals surface area (Å²) >= 11 is 0. The van der Waals surface area contributed by atoms with E-state index in [2.05, 4.69) is 125 Å². The van der Waals surface area contributed by atoms with Gasteiger partial charge in [0, 0.05) is 18.0 Å². The van der Waals surface area contributed by atoms with Crippen molar-refractivity contribution in [1.29, 1.82) is 0 Å². The molecular formula is C36H22N2. The molecule has 0 aliphatic carbocycles. The zero-order chi connectivity index (χ0) is 25.1. The van der Waals surface area contributed by atoms with Crippen LogP contribution in [0.2, 0.25) is 0 Å². The van der Waals surface area contributed by atoms with Crippen LogP contribution in [0.1, 0.15) is 0 Å². The Morgan fingerprint density at radius 2 is 0.763 bits per heavy atom. The minimum absolute atomic E-state index is 1.02. The predicted molar refractivity (Wildman–Crippen MR) is 160 cm³/mol. The van der Waals surface area contributed by atoms with Crippen molar-refractivity contribution in [2.24, 2.45) is 0 Å². The Kier molecular flexibility index (Phi) is 4.55. The molecule has 2 nitrogen and oxygen atoms in total. The van der Waals surface area contributed by atoms with E-state index in [0.717, 1.165) is 11.1 Å². The van der Waals surface area contributed by atoms with Crippen molar-refractivity contribution in [3.8, 4) is 22.3 Å². The smallest absolute Gasteiger partial charge is 0.115 e. The average Bonchev–Trinajstić information content (AvgIpc) is 3.01. The first-order chi connectivity index (χ1) is 18.9. The molecule has 176 valence electrons. The van der Waals surface area contributed by atoms with Gasteiger partial charge in [-0.2, -0.15) is 0 Å². The molecule has 38 heavy (non-hydrogen) atoms. The van der Waals surface area contributed by atoms with Gasteiger partial charge in [-0.15, -0.1) is 0 Å². The van der Waals surface area contributed by atoms with E-state index in [-0.39, 0.29) is 0 Å². The molecule has 2 heteroatoms. The van der Waals surface area contributed by atoms with Gasteiger partial charge in [0.05, 0.1) is 0 Å². The van der Waals surface area contributed by atoms with Crippen molar-refractivity contribution in [1.82, 2.24) is 9.97 Å². The Morgan fingerprint density at radius 1 is 0.316 bits per heavy atom. The van der Waals surface area contributed by atoms with E-state index in [0.29, 0.717) is 0 Å². The third-order valence-corrected chi connectivity index (χ3v) is 7.80. The van der Waals surface area contributed by atoms with E-state index < -0.39 is 0 Å². The maximum absolute atomic E-state index is 4.27. The zero-order valence-corrected chi connectivity index (χ0v) is 20.6. The van der Waals surface area contributed by atoms with E-state index in [1.807, 2.05) is 12.4 Å². The predicted octanol–water partition coefficient (Wildman–Crippen LogP) is 9.58. The number of fused-ring (bicyclic) bond motifs is 11. The van der Waals surface area contributed by atoms with E-state index in [9.17, 15) is 0 Å². The van der Waals surface area contributed by atoms with Gasteiger partial charge in [0.25, 0.3) is 0 Å². The van der Waals surface area contributed by atoms with Crippen LogP contribution in [-0.4, -0.2) is 9.97 Å². The minimum Gasteiger partial charge on any atom is -0.244 e. The Morgan fingerprint density at radius 3 is 1.32 bits per heavy atom. The summed E-state index contributed by atoms with van der Waals surface area (Å²) in [6.45, 7) is 0. The Balaban J connectivity index is 1.64. The van der Waals surface area contributed by atoms with Gasteiger partial charge in [0.2, 0.25) is 0 Å². The zero-order valence-electron chi connectivity index (χ0n) is 20.6. The van der Waals surface area contributed by atoms with E-state index in [4.69, 9.17) is 0 Å². The van der Waals surface area contributed by atoms with Crippen molar-refractivity contribution in [3.05, 3.63) is 134 Å². The van der Waals surface area contributed by atoms with Crippen molar-refractivity contribution < 1.29 is 0 Å². The summed E-state index contributed by atoms with van der Waals surface area (Å²) in [6, 6.07) is 42.0. The first-order valence-electron chi connectivity index (χ1n) is 12.9. The molecule has 0 radical (unpaired) electrons. The van der Waals surface area contributed by atoms with Crippen LogP contribution in [0.15, 0.2) is 134 Å². The van der Waals surface area contributed by atoms with Crippen LogP contribution in [0, 0.1) is 0 Å². The fourth-order valence-corrected chi connectivity index (χ4v) is 6.11. The van der Waals surface area contributed by atoms with Crippen LogP contribution >= 0.6 is 0 Å². The molecule has 1 aromatic heterocycles. The van der Waals surface area contributed by atoms with Gasteiger partial charge in [0.1, 0.15) is 6.33 Å². The molecule has 0 fully saturated rings. The number of hydrogen-bond acceptors (Lipinski definition) is 2. The summed E-state index contributed by atoms with van der Waals surface area (Å²) < 4.78 is 0. The molecule has 8 aromatic rings. The molecule has 0 spiro atoms. The molecule has 1 heterocycles. The molecule has 8 rings (SSSR count). The van der Waals surface area contributed by atoms with Gasteiger partial charge in [0.15, 0.2) is 0 Å². The van der Waals surface area contributed by atoms with Crippen LogP contribution in [0.5, 0.6) is 0 Å². The van der Waals surface area contributed by atoms with Gasteiger partial charge < -0.3 is 0 Å². The molecule has 0 bridgehead atoms. The summed E-state index contributed by atoms with van der Waals surface area (Å²) in [7, 11) is 0. The van der Waals surface area contributed by atoms with E-state index >= 15 is 0 Å². The SMILES string of the molecule is c1ccc(-c2ccc3c4ccc(-c5cncnc5)cc4c4c5ccccc5c5ccccc5c4c3c2)cc1. The summed E-state index contributed by atoms with van der Waals surface area (Å²) in [5, 5.41) is 12.8. The third-order valence-electron chi connectivity index (χ3n) is 7.80. The standard InChI is InChI=1S/C36H22N2/c1-2-8-23(9-3-1)24-14-16-29-30-17-15-25(26-20-37-22-38-21-26)19-34(30)36-32-13-7-5-11-28(32)27-10-4-6-12-31(27)35(36)33(29)18-24/h1-22H. The molecule has 0 N–H and O–H groups in total. The second-order valence-electron chi connectivity index (χ2n) is 9.86. The Bertz CT molecular complexity index is 2010. The summed E-state index contributed by atoms with van der Waals surface area (Å²) in [5.41, 5.74) is 4.60. The number of hydrogen-bond donors (Lipinski definition) is 0. The highest BCUT2D eigenvalue weighted by molar-refractivity contribution is 6.39. The Labute approximate surface area is 219 Å². The first-order valence-corrected chi connectivity index (χ1v) is 12.9.